The smallest absolute Gasteiger partial charge is 0.0922 e. The highest BCUT2D eigenvalue weighted by Crippen LogP contribution is 2.16. The predicted molar refractivity (Wildman–Crippen MR) is 69.7 cm³/mol. The lowest BCUT2D eigenvalue weighted by molar-refractivity contribution is 0.160. The van der Waals surface area contributed by atoms with E-state index in [0.29, 0.717) is 6.04 Å². The summed E-state index contributed by atoms with van der Waals surface area (Å²) in [5.41, 5.74) is 1.22. The van der Waals surface area contributed by atoms with Crippen LogP contribution in [-0.4, -0.2) is 40.5 Å². The van der Waals surface area contributed by atoms with Crippen molar-refractivity contribution < 1.29 is 0 Å². The van der Waals surface area contributed by atoms with Crippen molar-refractivity contribution in [1.82, 2.24) is 20.2 Å². The zero-order chi connectivity index (χ0) is 12.1. The van der Waals surface area contributed by atoms with Gasteiger partial charge in [0.1, 0.15) is 0 Å². The van der Waals surface area contributed by atoms with Gasteiger partial charge in [0.25, 0.3) is 0 Å². The Kier molecular flexibility index (Phi) is 4.57. The van der Waals surface area contributed by atoms with E-state index in [0.717, 1.165) is 12.5 Å². The minimum absolute atomic E-state index is 0.591. The third-order valence-electron chi connectivity index (χ3n) is 3.61. The van der Waals surface area contributed by atoms with Crippen LogP contribution in [0, 0.1) is 5.92 Å². The standard InChI is InChI=1S/C13H24N4/c1-11(2)17(9-13-7-15-10-16-13)8-12-3-5-14-6-4-12/h7,10-12,14H,3-6,8-9H2,1-2H3,(H,15,16). The topological polar surface area (TPSA) is 44.0 Å². The average Bonchev–Trinajstić information content (AvgIpc) is 2.82. The summed E-state index contributed by atoms with van der Waals surface area (Å²) in [6.07, 6.45) is 6.31. The fraction of sp³-hybridized carbons (Fsp3) is 0.769. The van der Waals surface area contributed by atoms with Gasteiger partial charge < -0.3 is 10.3 Å². The number of imidazole rings is 1. The van der Waals surface area contributed by atoms with Gasteiger partial charge in [-0.2, -0.15) is 0 Å². The van der Waals surface area contributed by atoms with Gasteiger partial charge in [0.15, 0.2) is 0 Å². The van der Waals surface area contributed by atoms with Crippen molar-refractivity contribution in [2.75, 3.05) is 19.6 Å². The first-order valence-electron chi connectivity index (χ1n) is 6.67. The molecule has 1 aromatic heterocycles. The van der Waals surface area contributed by atoms with E-state index in [1.54, 1.807) is 6.33 Å². The maximum Gasteiger partial charge on any atom is 0.0922 e. The molecule has 4 nitrogen and oxygen atoms in total. The van der Waals surface area contributed by atoms with Gasteiger partial charge in [0.2, 0.25) is 0 Å². The fourth-order valence-corrected chi connectivity index (χ4v) is 2.44. The molecule has 0 bridgehead atoms. The Bertz CT molecular complexity index is 301. The van der Waals surface area contributed by atoms with Crippen molar-refractivity contribution in [3.8, 4) is 0 Å². The van der Waals surface area contributed by atoms with Crippen LogP contribution in [0.4, 0.5) is 0 Å². The maximum absolute atomic E-state index is 4.09. The van der Waals surface area contributed by atoms with E-state index in [9.17, 15) is 0 Å². The number of H-pyrrole nitrogens is 1. The number of nitrogens with zero attached hydrogens (tertiary/aromatic N) is 2. The fourth-order valence-electron chi connectivity index (χ4n) is 2.44. The van der Waals surface area contributed by atoms with Gasteiger partial charge >= 0.3 is 0 Å². The molecule has 0 saturated carbocycles. The molecule has 2 rings (SSSR count). The highest BCUT2D eigenvalue weighted by atomic mass is 15.2. The van der Waals surface area contributed by atoms with E-state index in [1.807, 2.05) is 6.20 Å². The SMILES string of the molecule is CC(C)N(Cc1cnc[nH]1)CC1CCNCC1. The molecule has 0 radical (unpaired) electrons. The minimum atomic E-state index is 0.591. The van der Waals surface area contributed by atoms with Crippen LogP contribution in [0.3, 0.4) is 0 Å². The van der Waals surface area contributed by atoms with Crippen LogP contribution in [0.1, 0.15) is 32.4 Å². The molecule has 2 N–H and O–H groups in total. The second-order valence-corrected chi connectivity index (χ2v) is 5.29. The molecular weight excluding hydrogens is 212 g/mol. The molecule has 1 fully saturated rings. The lowest BCUT2D eigenvalue weighted by Crippen LogP contribution is -2.39. The molecule has 0 spiro atoms. The number of nitrogens with one attached hydrogen (secondary N) is 2. The van der Waals surface area contributed by atoms with Crippen LogP contribution in [0.5, 0.6) is 0 Å². The molecule has 0 unspecified atom stereocenters. The molecule has 0 aliphatic carbocycles. The first-order valence-corrected chi connectivity index (χ1v) is 6.67. The second-order valence-electron chi connectivity index (χ2n) is 5.29. The molecule has 1 saturated heterocycles. The third-order valence-corrected chi connectivity index (χ3v) is 3.61. The molecule has 4 heteroatoms. The van der Waals surface area contributed by atoms with Crippen molar-refractivity contribution in [2.24, 2.45) is 5.92 Å². The predicted octanol–water partition coefficient (Wildman–Crippen LogP) is 1.62. The van der Waals surface area contributed by atoms with Gasteiger partial charge in [0, 0.05) is 31.0 Å². The molecule has 17 heavy (non-hydrogen) atoms. The molecule has 0 aromatic carbocycles. The number of rotatable bonds is 5. The number of hydrogen-bond acceptors (Lipinski definition) is 3. The lowest BCUT2D eigenvalue weighted by Gasteiger charge is -2.32. The van der Waals surface area contributed by atoms with Gasteiger partial charge in [-0.3, -0.25) is 4.90 Å². The molecule has 2 heterocycles. The zero-order valence-electron chi connectivity index (χ0n) is 10.9. The third kappa shape index (κ3) is 3.82. The molecule has 1 aliphatic heterocycles. The number of aromatic amines is 1. The van der Waals surface area contributed by atoms with Crippen molar-refractivity contribution >= 4 is 0 Å². The Hall–Kier alpha value is -0.870. The van der Waals surface area contributed by atoms with E-state index in [2.05, 4.69) is 34.0 Å². The maximum atomic E-state index is 4.09. The van der Waals surface area contributed by atoms with Gasteiger partial charge in [-0.1, -0.05) is 0 Å². The Morgan fingerprint density at radius 1 is 1.41 bits per heavy atom. The van der Waals surface area contributed by atoms with Crippen molar-refractivity contribution in [1.29, 1.82) is 0 Å². The molecule has 1 aromatic rings. The van der Waals surface area contributed by atoms with Crippen LogP contribution in [0.2, 0.25) is 0 Å². The average molecular weight is 236 g/mol. The van der Waals surface area contributed by atoms with Crippen LogP contribution in [0.25, 0.3) is 0 Å². The summed E-state index contributed by atoms with van der Waals surface area (Å²) in [5, 5.41) is 3.43. The molecule has 96 valence electrons. The number of hydrogen-bond donors (Lipinski definition) is 2. The van der Waals surface area contributed by atoms with Gasteiger partial charge in [0.05, 0.1) is 6.33 Å². The van der Waals surface area contributed by atoms with Crippen molar-refractivity contribution in [3.63, 3.8) is 0 Å². The summed E-state index contributed by atoms with van der Waals surface area (Å²) in [6.45, 7) is 9.11. The van der Waals surface area contributed by atoms with Crippen molar-refractivity contribution in [3.05, 3.63) is 18.2 Å². The van der Waals surface area contributed by atoms with E-state index < -0.39 is 0 Å². The van der Waals surface area contributed by atoms with Gasteiger partial charge in [-0.15, -0.1) is 0 Å². The lowest BCUT2D eigenvalue weighted by atomic mass is 9.97. The van der Waals surface area contributed by atoms with E-state index in [-0.39, 0.29) is 0 Å². The van der Waals surface area contributed by atoms with Gasteiger partial charge in [-0.25, -0.2) is 4.98 Å². The summed E-state index contributed by atoms with van der Waals surface area (Å²) < 4.78 is 0. The molecule has 0 atom stereocenters. The first-order chi connectivity index (χ1) is 8.25. The van der Waals surface area contributed by atoms with E-state index in [1.165, 1.54) is 38.2 Å². The Balaban J connectivity index is 1.87. The van der Waals surface area contributed by atoms with Crippen LogP contribution >= 0.6 is 0 Å². The summed E-state index contributed by atoms with van der Waals surface area (Å²) in [6, 6.07) is 0.591. The Morgan fingerprint density at radius 2 is 2.18 bits per heavy atom. The first kappa shape index (κ1) is 12.6. The molecule has 1 aliphatic rings. The molecular formula is C13H24N4. The molecule has 0 amide bonds. The van der Waals surface area contributed by atoms with Gasteiger partial charge in [-0.05, 0) is 45.7 Å². The Labute approximate surface area is 104 Å². The zero-order valence-corrected chi connectivity index (χ0v) is 10.9. The monoisotopic (exact) mass is 236 g/mol. The Morgan fingerprint density at radius 3 is 2.76 bits per heavy atom. The quantitative estimate of drug-likeness (QED) is 0.816. The van der Waals surface area contributed by atoms with Crippen LogP contribution in [0.15, 0.2) is 12.5 Å². The van der Waals surface area contributed by atoms with Crippen molar-refractivity contribution in [2.45, 2.75) is 39.3 Å². The minimum Gasteiger partial charge on any atom is -0.347 e. The van der Waals surface area contributed by atoms with Crippen LogP contribution < -0.4 is 5.32 Å². The summed E-state index contributed by atoms with van der Waals surface area (Å²) in [5.74, 6) is 0.849. The van der Waals surface area contributed by atoms with E-state index >= 15 is 0 Å². The highest BCUT2D eigenvalue weighted by molar-refractivity contribution is 4.94. The van der Waals surface area contributed by atoms with Crippen LogP contribution in [-0.2, 0) is 6.54 Å². The number of aromatic nitrogens is 2. The largest absolute Gasteiger partial charge is 0.347 e. The van der Waals surface area contributed by atoms with E-state index in [4.69, 9.17) is 0 Å². The normalized spacial score (nSPS) is 18.1. The highest BCUT2D eigenvalue weighted by Gasteiger charge is 2.19. The number of piperidine rings is 1. The summed E-state index contributed by atoms with van der Waals surface area (Å²) in [4.78, 5) is 9.83. The summed E-state index contributed by atoms with van der Waals surface area (Å²) >= 11 is 0. The second kappa shape index (κ2) is 6.17. The summed E-state index contributed by atoms with van der Waals surface area (Å²) in [7, 11) is 0.